The van der Waals surface area contributed by atoms with E-state index in [1.165, 1.54) is 0 Å². The van der Waals surface area contributed by atoms with Crippen molar-refractivity contribution in [3.8, 4) is 22.9 Å². The largest absolute Gasteiger partial charge is 0.496 e. The number of imidazole rings is 1. The zero-order valence-electron chi connectivity index (χ0n) is 12.1. The molecule has 1 aromatic carbocycles. The summed E-state index contributed by atoms with van der Waals surface area (Å²) in [6, 6.07) is 5.66. The predicted octanol–water partition coefficient (Wildman–Crippen LogP) is 2.82. The van der Waals surface area contributed by atoms with E-state index in [0.29, 0.717) is 22.9 Å². The van der Waals surface area contributed by atoms with Gasteiger partial charge in [-0.15, -0.1) is 0 Å². The number of benzene rings is 1. The Bertz CT molecular complexity index is 734. The molecule has 0 amide bonds. The third-order valence-corrected chi connectivity index (χ3v) is 2.93. The highest BCUT2D eigenvalue weighted by Crippen LogP contribution is 2.32. The molecule has 0 fully saturated rings. The maximum absolute atomic E-state index is 5.67. The summed E-state index contributed by atoms with van der Waals surface area (Å²) in [6.45, 7) is 3.97. The summed E-state index contributed by atoms with van der Waals surface area (Å²) in [5.41, 5.74) is 2.07. The molecule has 21 heavy (non-hydrogen) atoms. The molecule has 0 aliphatic carbocycles. The van der Waals surface area contributed by atoms with Gasteiger partial charge in [0.05, 0.1) is 18.8 Å². The van der Waals surface area contributed by atoms with E-state index in [1.807, 2.05) is 32.0 Å². The molecule has 3 rings (SSSR count). The Balaban J connectivity index is 2.04. The van der Waals surface area contributed by atoms with E-state index in [0.717, 1.165) is 11.3 Å². The standard InChI is InChI=1S/C15H16N4O2/c1-9(2)21-10-4-5-11(12(8-10)20-3)13-18-14-15(19-13)17-7-6-16-14/h4-9H,1-3H3,(H,16,17,18,19). The zero-order chi connectivity index (χ0) is 14.8. The van der Waals surface area contributed by atoms with Crippen molar-refractivity contribution in [3.63, 3.8) is 0 Å². The molecule has 0 radical (unpaired) electrons. The topological polar surface area (TPSA) is 72.9 Å². The van der Waals surface area contributed by atoms with Crippen LogP contribution >= 0.6 is 0 Å². The smallest absolute Gasteiger partial charge is 0.197 e. The Morgan fingerprint density at radius 2 is 1.95 bits per heavy atom. The van der Waals surface area contributed by atoms with Crippen molar-refractivity contribution in [2.75, 3.05) is 7.11 Å². The molecule has 1 N–H and O–H groups in total. The fourth-order valence-corrected chi connectivity index (χ4v) is 2.09. The van der Waals surface area contributed by atoms with Crippen molar-refractivity contribution in [1.82, 2.24) is 19.9 Å². The summed E-state index contributed by atoms with van der Waals surface area (Å²) in [5.74, 6) is 2.12. The Kier molecular flexibility index (Phi) is 3.43. The van der Waals surface area contributed by atoms with Gasteiger partial charge >= 0.3 is 0 Å². The summed E-state index contributed by atoms with van der Waals surface area (Å²) in [7, 11) is 1.62. The Labute approximate surface area is 122 Å². The van der Waals surface area contributed by atoms with Crippen molar-refractivity contribution in [2.45, 2.75) is 20.0 Å². The maximum Gasteiger partial charge on any atom is 0.197 e. The number of H-pyrrole nitrogens is 1. The molecule has 6 nitrogen and oxygen atoms in total. The van der Waals surface area contributed by atoms with Gasteiger partial charge in [-0.05, 0) is 26.0 Å². The molecule has 2 aromatic heterocycles. The highest BCUT2D eigenvalue weighted by atomic mass is 16.5. The van der Waals surface area contributed by atoms with Crippen LogP contribution in [0.25, 0.3) is 22.7 Å². The number of rotatable bonds is 4. The summed E-state index contributed by atoms with van der Waals surface area (Å²) < 4.78 is 11.1. The highest BCUT2D eigenvalue weighted by Gasteiger charge is 2.13. The Morgan fingerprint density at radius 3 is 2.67 bits per heavy atom. The lowest BCUT2D eigenvalue weighted by molar-refractivity contribution is 0.241. The molecule has 0 aliphatic heterocycles. The first-order valence-corrected chi connectivity index (χ1v) is 6.69. The lowest BCUT2D eigenvalue weighted by Crippen LogP contribution is -2.05. The quantitative estimate of drug-likeness (QED) is 0.797. The van der Waals surface area contributed by atoms with E-state index in [4.69, 9.17) is 9.47 Å². The second kappa shape index (κ2) is 5.40. The van der Waals surface area contributed by atoms with Crippen molar-refractivity contribution < 1.29 is 9.47 Å². The molecule has 0 atom stereocenters. The molecule has 0 saturated heterocycles. The average molecular weight is 284 g/mol. The first-order valence-electron chi connectivity index (χ1n) is 6.69. The molecular formula is C15H16N4O2. The van der Waals surface area contributed by atoms with Gasteiger partial charge in [0.15, 0.2) is 11.3 Å². The zero-order valence-corrected chi connectivity index (χ0v) is 12.1. The monoisotopic (exact) mass is 284 g/mol. The molecule has 6 heteroatoms. The van der Waals surface area contributed by atoms with Gasteiger partial charge in [-0.3, -0.25) is 0 Å². The van der Waals surface area contributed by atoms with Gasteiger partial charge in [0.1, 0.15) is 17.3 Å². The lowest BCUT2D eigenvalue weighted by atomic mass is 10.2. The van der Waals surface area contributed by atoms with E-state index < -0.39 is 0 Å². The minimum atomic E-state index is 0.111. The first-order chi connectivity index (χ1) is 10.2. The average Bonchev–Trinajstić information content (AvgIpc) is 2.90. The second-order valence-electron chi connectivity index (χ2n) is 4.84. The van der Waals surface area contributed by atoms with Gasteiger partial charge in [0.25, 0.3) is 0 Å². The number of ether oxygens (including phenoxy) is 2. The molecule has 0 aliphatic rings. The number of fused-ring (bicyclic) bond motifs is 1. The minimum Gasteiger partial charge on any atom is -0.496 e. The van der Waals surface area contributed by atoms with E-state index in [9.17, 15) is 0 Å². The Hall–Kier alpha value is -2.63. The highest BCUT2D eigenvalue weighted by molar-refractivity contribution is 5.75. The summed E-state index contributed by atoms with van der Waals surface area (Å²) in [5, 5.41) is 0. The number of aromatic amines is 1. The number of nitrogens with zero attached hydrogens (tertiary/aromatic N) is 3. The molecular weight excluding hydrogens is 268 g/mol. The van der Waals surface area contributed by atoms with Gasteiger partial charge in [-0.2, -0.15) is 0 Å². The van der Waals surface area contributed by atoms with E-state index >= 15 is 0 Å². The van der Waals surface area contributed by atoms with Crippen LogP contribution in [0.1, 0.15) is 13.8 Å². The third kappa shape index (κ3) is 2.65. The van der Waals surface area contributed by atoms with Crippen LogP contribution < -0.4 is 9.47 Å². The van der Waals surface area contributed by atoms with Crippen LogP contribution in [0.2, 0.25) is 0 Å². The van der Waals surface area contributed by atoms with Crippen molar-refractivity contribution in [1.29, 1.82) is 0 Å². The molecule has 3 aromatic rings. The molecule has 0 spiro atoms. The van der Waals surface area contributed by atoms with Crippen molar-refractivity contribution in [3.05, 3.63) is 30.6 Å². The molecule has 0 unspecified atom stereocenters. The van der Waals surface area contributed by atoms with Gasteiger partial charge in [0, 0.05) is 18.5 Å². The van der Waals surface area contributed by atoms with Crippen LogP contribution in [0, 0.1) is 0 Å². The third-order valence-electron chi connectivity index (χ3n) is 2.93. The van der Waals surface area contributed by atoms with Gasteiger partial charge in [-0.25, -0.2) is 15.0 Å². The Morgan fingerprint density at radius 1 is 1.14 bits per heavy atom. The first kappa shape index (κ1) is 13.4. The normalized spacial score (nSPS) is 11.0. The SMILES string of the molecule is COc1cc(OC(C)C)ccc1-c1nc2nccnc2[nH]1. The number of nitrogens with one attached hydrogen (secondary N) is 1. The summed E-state index contributed by atoms with van der Waals surface area (Å²) in [4.78, 5) is 15.9. The number of aromatic nitrogens is 4. The number of hydrogen-bond donors (Lipinski definition) is 1. The van der Waals surface area contributed by atoms with Gasteiger partial charge in [-0.1, -0.05) is 0 Å². The van der Waals surface area contributed by atoms with E-state index in [1.54, 1.807) is 19.5 Å². The van der Waals surface area contributed by atoms with Gasteiger partial charge in [0.2, 0.25) is 0 Å². The summed E-state index contributed by atoms with van der Waals surface area (Å²) in [6.07, 6.45) is 3.35. The van der Waals surface area contributed by atoms with Crippen LogP contribution in [0.5, 0.6) is 11.5 Å². The molecule has 0 saturated carbocycles. The fraction of sp³-hybridized carbons (Fsp3) is 0.267. The lowest BCUT2D eigenvalue weighted by Gasteiger charge is -2.12. The molecule has 0 bridgehead atoms. The minimum absolute atomic E-state index is 0.111. The van der Waals surface area contributed by atoms with Crippen LogP contribution in [0.4, 0.5) is 0 Å². The van der Waals surface area contributed by atoms with E-state index in [2.05, 4.69) is 19.9 Å². The van der Waals surface area contributed by atoms with Crippen LogP contribution in [-0.4, -0.2) is 33.1 Å². The van der Waals surface area contributed by atoms with Gasteiger partial charge < -0.3 is 14.5 Å². The fourth-order valence-electron chi connectivity index (χ4n) is 2.09. The van der Waals surface area contributed by atoms with Crippen molar-refractivity contribution >= 4 is 11.3 Å². The van der Waals surface area contributed by atoms with Crippen molar-refractivity contribution in [2.24, 2.45) is 0 Å². The van der Waals surface area contributed by atoms with E-state index in [-0.39, 0.29) is 6.10 Å². The number of hydrogen-bond acceptors (Lipinski definition) is 5. The van der Waals surface area contributed by atoms with Crippen LogP contribution in [0.15, 0.2) is 30.6 Å². The maximum atomic E-state index is 5.67. The molecule has 2 heterocycles. The predicted molar refractivity (Wildman–Crippen MR) is 79.4 cm³/mol. The summed E-state index contributed by atoms with van der Waals surface area (Å²) >= 11 is 0. The van der Waals surface area contributed by atoms with Crippen LogP contribution in [0.3, 0.4) is 0 Å². The van der Waals surface area contributed by atoms with Crippen LogP contribution in [-0.2, 0) is 0 Å². The number of methoxy groups -OCH3 is 1. The molecule has 108 valence electrons. The second-order valence-corrected chi connectivity index (χ2v) is 4.84.